The van der Waals surface area contributed by atoms with Gasteiger partial charge in [0.15, 0.2) is 0 Å². The van der Waals surface area contributed by atoms with Crippen molar-refractivity contribution in [1.29, 1.82) is 0 Å². The van der Waals surface area contributed by atoms with Crippen LogP contribution in [0.25, 0.3) is 0 Å². The van der Waals surface area contributed by atoms with Crippen LogP contribution in [-0.2, 0) is 6.54 Å². The van der Waals surface area contributed by atoms with Crippen molar-refractivity contribution in [2.75, 3.05) is 6.61 Å². The SMILES string of the molecule is O=[N+]([O-])c1cn(CCCO)cn1. The van der Waals surface area contributed by atoms with Gasteiger partial charge in [0.2, 0.25) is 6.33 Å². The van der Waals surface area contributed by atoms with Crippen molar-refractivity contribution in [2.45, 2.75) is 13.0 Å². The summed E-state index contributed by atoms with van der Waals surface area (Å²) in [5.74, 6) is -0.159. The van der Waals surface area contributed by atoms with E-state index in [4.69, 9.17) is 5.11 Å². The Morgan fingerprint density at radius 1 is 1.75 bits per heavy atom. The molecule has 0 spiro atoms. The second kappa shape index (κ2) is 3.82. The number of hydrogen-bond acceptors (Lipinski definition) is 4. The van der Waals surface area contributed by atoms with E-state index < -0.39 is 4.92 Å². The zero-order valence-corrected chi connectivity index (χ0v) is 6.38. The van der Waals surface area contributed by atoms with E-state index in [0.717, 1.165) is 0 Å². The van der Waals surface area contributed by atoms with Crippen LogP contribution in [0.1, 0.15) is 6.42 Å². The van der Waals surface area contributed by atoms with Crippen molar-refractivity contribution < 1.29 is 10.0 Å². The normalized spacial score (nSPS) is 10.1. The molecule has 0 aliphatic carbocycles. The Hall–Kier alpha value is -1.43. The Balaban J connectivity index is 2.58. The average Bonchev–Trinajstić information content (AvgIpc) is 2.48. The third-order valence-corrected chi connectivity index (χ3v) is 1.38. The van der Waals surface area contributed by atoms with Gasteiger partial charge < -0.3 is 19.8 Å². The van der Waals surface area contributed by atoms with Gasteiger partial charge in [-0.15, -0.1) is 0 Å². The molecule has 0 saturated carbocycles. The van der Waals surface area contributed by atoms with Crippen molar-refractivity contribution in [3.63, 3.8) is 0 Å². The quantitative estimate of drug-likeness (QED) is 0.517. The molecule has 1 heterocycles. The number of aliphatic hydroxyl groups excluding tert-OH is 1. The molecule has 66 valence electrons. The van der Waals surface area contributed by atoms with Crippen LogP contribution in [-0.4, -0.2) is 26.2 Å². The van der Waals surface area contributed by atoms with Gasteiger partial charge in [-0.25, -0.2) is 0 Å². The molecule has 0 saturated heterocycles. The van der Waals surface area contributed by atoms with Crippen LogP contribution in [0.4, 0.5) is 5.82 Å². The summed E-state index contributed by atoms with van der Waals surface area (Å²) >= 11 is 0. The maximum atomic E-state index is 10.2. The van der Waals surface area contributed by atoms with Gasteiger partial charge in [0.25, 0.3) is 0 Å². The molecule has 1 N–H and O–H groups in total. The number of aliphatic hydroxyl groups is 1. The monoisotopic (exact) mass is 171 g/mol. The van der Waals surface area contributed by atoms with E-state index in [2.05, 4.69) is 4.98 Å². The maximum Gasteiger partial charge on any atom is 0.381 e. The molecular formula is C6H9N3O3. The minimum atomic E-state index is -0.546. The topological polar surface area (TPSA) is 81.2 Å². The maximum absolute atomic E-state index is 10.2. The van der Waals surface area contributed by atoms with E-state index in [1.165, 1.54) is 12.5 Å². The van der Waals surface area contributed by atoms with Crippen molar-refractivity contribution in [2.24, 2.45) is 0 Å². The Bertz CT molecular complexity index is 271. The number of aromatic nitrogens is 2. The average molecular weight is 171 g/mol. The summed E-state index contributed by atoms with van der Waals surface area (Å²) in [5.41, 5.74) is 0. The predicted molar refractivity (Wildman–Crippen MR) is 40.6 cm³/mol. The van der Waals surface area contributed by atoms with Crippen LogP contribution >= 0.6 is 0 Å². The smallest absolute Gasteiger partial charge is 0.381 e. The Labute approximate surface area is 68.6 Å². The van der Waals surface area contributed by atoms with Crippen molar-refractivity contribution in [3.8, 4) is 0 Å². The number of rotatable bonds is 4. The molecule has 1 rings (SSSR count). The minimum Gasteiger partial charge on any atom is -0.396 e. The summed E-state index contributed by atoms with van der Waals surface area (Å²) in [5, 5.41) is 18.6. The first-order valence-corrected chi connectivity index (χ1v) is 3.51. The molecule has 6 heteroatoms. The van der Waals surface area contributed by atoms with E-state index in [0.29, 0.717) is 13.0 Å². The molecule has 1 aromatic heterocycles. The summed E-state index contributed by atoms with van der Waals surface area (Å²) in [6.45, 7) is 0.628. The molecule has 12 heavy (non-hydrogen) atoms. The summed E-state index contributed by atoms with van der Waals surface area (Å²) in [7, 11) is 0. The predicted octanol–water partition coefficient (Wildman–Crippen LogP) is 0.174. The third kappa shape index (κ3) is 2.03. The lowest BCUT2D eigenvalue weighted by Gasteiger charge is -1.94. The Morgan fingerprint density at radius 3 is 3.00 bits per heavy atom. The fraction of sp³-hybridized carbons (Fsp3) is 0.500. The van der Waals surface area contributed by atoms with Gasteiger partial charge in [-0.2, -0.15) is 0 Å². The van der Waals surface area contributed by atoms with E-state index in [9.17, 15) is 10.1 Å². The van der Waals surface area contributed by atoms with E-state index in [1.807, 2.05) is 0 Å². The zero-order chi connectivity index (χ0) is 8.97. The molecule has 0 amide bonds. The molecule has 0 atom stereocenters. The molecule has 0 fully saturated rings. The summed E-state index contributed by atoms with van der Waals surface area (Å²) in [4.78, 5) is 13.2. The van der Waals surface area contributed by atoms with E-state index >= 15 is 0 Å². The fourth-order valence-electron chi connectivity index (χ4n) is 0.818. The number of nitro groups is 1. The van der Waals surface area contributed by atoms with E-state index in [1.54, 1.807) is 4.57 Å². The molecular weight excluding hydrogens is 162 g/mol. The molecule has 6 nitrogen and oxygen atoms in total. The van der Waals surface area contributed by atoms with Gasteiger partial charge in [0.05, 0.1) is 0 Å². The number of nitrogens with zero attached hydrogens (tertiary/aromatic N) is 3. The van der Waals surface area contributed by atoms with Crippen molar-refractivity contribution >= 4 is 5.82 Å². The highest BCUT2D eigenvalue weighted by atomic mass is 16.6. The van der Waals surface area contributed by atoms with Crippen LogP contribution in [0, 0.1) is 10.1 Å². The highest BCUT2D eigenvalue weighted by Gasteiger charge is 2.08. The van der Waals surface area contributed by atoms with Gasteiger partial charge in [-0.05, 0) is 16.3 Å². The molecule has 0 aliphatic heterocycles. The Morgan fingerprint density at radius 2 is 2.50 bits per heavy atom. The first-order valence-electron chi connectivity index (χ1n) is 3.51. The van der Waals surface area contributed by atoms with Gasteiger partial charge >= 0.3 is 5.82 Å². The second-order valence-electron chi connectivity index (χ2n) is 2.30. The van der Waals surface area contributed by atoms with Gasteiger partial charge in [0.1, 0.15) is 6.20 Å². The van der Waals surface area contributed by atoms with Crippen molar-refractivity contribution in [3.05, 3.63) is 22.6 Å². The number of imidazole rings is 1. The highest BCUT2D eigenvalue weighted by molar-refractivity contribution is 5.12. The fourth-order valence-corrected chi connectivity index (χ4v) is 0.818. The molecule has 0 aliphatic rings. The summed E-state index contributed by atoms with van der Waals surface area (Å²) < 4.78 is 1.58. The standard InChI is InChI=1S/C6H9N3O3/c10-3-1-2-8-4-6(7-5-8)9(11)12/h4-5,10H,1-3H2. The Kier molecular flexibility index (Phi) is 2.76. The summed E-state index contributed by atoms with van der Waals surface area (Å²) in [6, 6.07) is 0. The molecule has 1 aromatic rings. The van der Waals surface area contributed by atoms with Crippen LogP contribution in [0.15, 0.2) is 12.5 Å². The lowest BCUT2D eigenvalue weighted by molar-refractivity contribution is -0.389. The summed E-state index contributed by atoms with van der Waals surface area (Å²) in [6.07, 6.45) is 3.30. The highest BCUT2D eigenvalue weighted by Crippen LogP contribution is 2.05. The largest absolute Gasteiger partial charge is 0.396 e. The first-order chi connectivity index (χ1) is 5.74. The lowest BCUT2D eigenvalue weighted by Crippen LogP contribution is -1.96. The minimum absolute atomic E-state index is 0.0754. The van der Waals surface area contributed by atoms with Gasteiger partial charge in [-0.3, -0.25) is 0 Å². The number of hydrogen-bond donors (Lipinski definition) is 1. The second-order valence-corrected chi connectivity index (χ2v) is 2.30. The third-order valence-electron chi connectivity index (χ3n) is 1.38. The zero-order valence-electron chi connectivity index (χ0n) is 6.38. The first kappa shape index (κ1) is 8.66. The van der Waals surface area contributed by atoms with E-state index in [-0.39, 0.29) is 12.4 Å². The van der Waals surface area contributed by atoms with Crippen LogP contribution in [0.2, 0.25) is 0 Å². The van der Waals surface area contributed by atoms with Gasteiger partial charge in [-0.1, -0.05) is 0 Å². The van der Waals surface area contributed by atoms with Crippen molar-refractivity contribution in [1.82, 2.24) is 9.55 Å². The van der Waals surface area contributed by atoms with Gasteiger partial charge in [0, 0.05) is 13.2 Å². The molecule has 0 unspecified atom stereocenters. The molecule has 0 bridgehead atoms. The molecule has 0 aromatic carbocycles. The van der Waals surface area contributed by atoms with Crippen LogP contribution < -0.4 is 0 Å². The lowest BCUT2D eigenvalue weighted by atomic mass is 10.4. The van der Waals surface area contributed by atoms with Crippen LogP contribution in [0.3, 0.4) is 0 Å². The molecule has 0 radical (unpaired) electrons. The number of aryl methyl sites for hydroxylation is 1. The van der Waals surface area contributed by atoms with Crippen LogP contribution in [0.5, 0.6) is 0 Å².